The molecule has 4 rings (SSSR count). The van der Waals surface area contributed by atoms with Gasteiger partial charge in [-0.25, -0.2) is 13.1 Å². The molecule has 1 saturated carbocycles. The Morgan fingerprint density at radius 3 is 2.78 bits per heavy atom. The van der Waals surface area contributed by atoms with Crippen LogP contribution in [-0.2, 0) is 21.8 Å². The van der Waals surface area contributed by atoms with Gasteiger partial charge in [0.15, 0.2) is 0 Å². The number of aryl methyl sites for hydroxylation is 2. The molecule has 23 heavy (non-hydrogen) atoms. The fraction of sp³-hybridized carbons (Fsp3) is 0.800. The van der Waals surface area contributed by atoms with Crippen molar-refractivity contribution in [3.63, 3.8) is 0 Å². The van der Waals surface area contributed by atoms with Crippen LogP contribution in [0.2, 0.25) is 0 Å². The van der Waals surface area contributed by atoms with Crippen molar-refractivity contribution >= 4 is 10.0 Å². The second kappa shape index (κ2) is 5.54. The molecule has 0 spiro atoms. The highest BCUT2D eigenvalue weighted by Gasteiger charge is 2.43. The minimum absolute atomic E-state index is 0.0499. The molecule has 1 N–H and O–H groups in total. The molecule has 3 aliphatic rings. The quantitative estimate of drug-likeness (QED) is 0.851. The zero-order valence-electron chi connectivity index (χ0n) is 13.6. The number of fused-ring (bicyclic) bond motifs is 1. The number of sulfonamides is 1. The van der Waals surface area contributed by atoms with Gasteiger partial charge in [0, 0.05) is 38.4 Å². The number of rotatable bonds is 4. The summed E-state index contributed by atoms with van der Waals surface area (Å²) in [6.45, 7) is 4.17. The molecular weight excluding hydrogens is 316 g/mol. The largest absolute Gasteiger partial charge is 0.375 e. The van der Waals surface area contributed by atoms with E-state index < -0.39 is 10.0 Å². The molecule has 1 aromatic heterocycles. The standard InChI is InChI=1S/C15H24N4O3S/c1-10-15(8-18(2)16-10)23(20,21)17-12-5-13-9-22-14(11-3-4-11)7-19(13)6-12/h8,11-14,17H,3-7,9H2,1-2H3/t12-,13-,14+/m0/s1. The maximum Gasteiger partial charge on any atom is 0.244 e. The van der Waals surface area contributed by atoms with E-state index in [1.807, 2.05) is 0 Å². The molecule has 7 nitrogen and oxygen atoms in total. The lowest BCUT2D eigenvalue weighted by Crippen LogP contribution is -2.47. The number of hydrogen-bond acceptors (Lipinski definition) is 5. The van der Waals surface area contributed by atoms with Crippen molar-refractivity contribution in [3.8, 4) is 0 Å². The third-order valence-electron chi connectivity index (χ3n) is 5.17. The lowest BCUT2D eigenvalue weighted by Gasteiger charge is -2.35. The van der Waals surface area contributed by atoms with Crippen molar-refractivity contribution in [1.29, 1.82) is 0 Å². The lowest BCUT2D eigenvalue weighted by atomic mass is 10.1. The Morgan fingerprint density at radius 1 is 1.35 bits per heavy atom. The monoisotopic (exact) mass is 340 g/mol. The molecule has 8 heteroatoms. The van der Waals surface area contributed by atoms with Gasteiger partial charge in [-0.2, -0.15) is 5.10 Å². The summed E-state index contributed by atoms with van der Waals surface area (Å²) in [5.74, 6) is 0.727. The third kappa shape index (κ3) is 3.05. The lowest BCUT2D eigenvalue weighted by molar-refractivity contribution is -0.0581. The number of nitrogens with zero attached hydrogens (tertiary/aromatic N) is 3. The van der Waals surface area contributed by atoms with Gasteiger partial charge < -0.3 is 4.74 Å². The summed E-state index contributed by atoms with van der Waals surface area (Å²) >= 11 is 0. The Labute approximate surface area is 137 Å². The summed E-state index contributed by atoms with van der Waals surface area (Å²) in [5.41, 5.74) is 0.535. The van der Waals surface area contributed by atoms with E-state index in [0.717, 1.165) is 32.0 Å². The first-order chi connectivity index (χ1) is 10.9. The minimum Gasteiger partial charge on any atom is -0.375 e. The Bertz CT molecular complexity index is 698. The molecule has 128 valence electrons. The highest BCUT2D eigenvalue weighted by Crippen LogP contribution is 2.38. The average Bonchev–Trinajstić information content (AvgIpc) is 3.16. The van der Waals surface area contributed by atoms with Gasteiger partial charge in [0.05, 0.1) is 18.4 Å². The molecule has 1 aromatic rings. The normalized spacial score (nSPS) is 32.2. The minimum atomic E-state index is -3.51. The fourth-order valence-corrected chi connectivity index (χ4v) is 5.32. The van der Waals surface area contributed by atoms with E-state index in [4.69, 9.17) is 4.74 Å². The van der Waals surface area contributed by atoms with Crippen molar-refractivity contribution in [1.82, 2.24) is 19.4 Å². The molecule has 3 atom stereocenters. The zero-order chi connectivity index (χ0) is 16.2. The second-order valence-corrected chi connectivity index (χ2v) is 8.81. The van der Waals surface area contributed by atoms with Crippen LogP contribution in [0, 0.1) is 12.8 Å². The molecule has 1 aliphatic carbocycles. The van der Waals surface area contributed by atoms with Crippen LogP contribution in [0.3, 0.4) is 0 Å². The molecule has 0 aromatic carbocycles. The number of morpholine rings is 1. The summed E-state index contributed by atoms with van der Waals surface area (Å²) in [6.07, 6.45) is 5.28. The summed E-state index contributed by atoms with van der Waals surface area (Å²) in [4.78, 5) is 2.67. The van der Waals surface area contributed by atoms with E-state index in [2.05, 4.69) is 14.7 Å². The first-order valence-corrected chi connectivity index (χ1v) is 9.79. The van der Waals surface area contributed by atoms with Crippen molar-refractivity contribution in [2.75, 3.05) is 19.7 Å². The Hall–Kier alpha value is -0.960. The zero-order valence-corrected chi connectivity index (χ0v) is 14.4. The van der Waals surface area contributed by atoms with Gasteiger partial charge in [-0.1, -0.05) is 0 Å². The summed E-state index contributed by atoms with van der Waals surface area (Å²) < 4.78 is 35.6. The van der Waals surface area contributed by atoms with Gasteiger partial charge in [-0.15, -0.1) is 0 Å². The number of ether oxygens (including phenoxy) is 1. The van der Waals surface area contributed by atoms with E-state index >= 15 is 0 Å². The predicted molar refractivity (Wildman–Crippen MR) is 84.5 cm³/mol. The van der Waals surface area contributed by atoms with E-state index in [-0.39, 0.29) is 10.9 Å². The van der Waals surface area contributed by atoms with Gasteiger partial charge in [0.1, 0.15) is 4.90 Å². The molecule has 0 bridgehead atoms. The number of nitrogens with one attached hydrogen (secondary N) is 1. The molecule has 3 heterocycles. The highest BCUT2D eigenvalue weighted by atomic mass is 32.2. The number of aromatic nitrogens is 2. The van der Waals surface area contributed by atoms with Crippen LogP contribution in [0.25, 0.3) is 0 Å². The Balaban J connectivity index is 1.43. The molecule has 0 radical (unpaired) electrons. The second-order valence-electron chi connectivity index (χ2n) is 7.12. The van der Waals surface area contributed by atoms with Crippen LogP contribution in [-0.4, -0.2) is 61.0 Å². The van der Waals surface area contributed by atoms with E-state index in [9.17, 15) is 8.42 Å². The first-order valence-electron chi connectivity index (χ1n) is 8.30. The van der Waals surface area contributed by atoms with E-state index in [1.165, 1.54) is 17.5 Å². The van der Waals surface area contributed by atoms with Crippen LogP contribution in [0.5, 0.6) is 0 Å². The van der Waals surface area contributed by atoms with Gasteiger partial charge in [-0.05, 0) is 32.1 Å². The summed E-state index contributed by atoms with van der Waals surface area (Å²) in [6, 6.07) is 0.291. The average molecular weight is 340 g/mol. The number of hydrogen-bond donors (Lipinski definition) is 1. The molecule has 0 amide bonds. The fourth-order valence-electron chi connectivity index (χ4n) is 3.86. The van der Waals surface area contributed by atoms with Gasteiger partial charge in [0.2, 0.25) is 10.0 Å². The van der Waals surface area contributed by atoms with Crippen LogP contribution in [0.15, 0.2) is 11.1 Å². The van der Waals surface area contributed by atoms with Gasteiger partial charge in [-0.3, -0.25) is 9.58 Å². The van der Waals surface area contributed by atoms with Gasteiger partial charge in [0.25, 0.3) is 0 Å². The molecule has 3 fully saturated rings. The maximum absolute atomic E-state index is 12.6. The molecular formula is C15H24N4O3S. The van der Waals surface area contributed by atoms with Crippen molar-refractivity contribution < 1.29 is 13.2 Å². The summed E-state index contributed by atoms with van der Waals surface area (Å²) in [5, 5.41) is 4.13. The molecule has 2 saturated heterocycles. The van der Waals surface area contributed by atoms with Crippen molar-refractivity contribution in [3.05, 3.63) is 11.9 Å². The van der Waals surface area contributed by atoms with Crippen LogP contribution >= 0.6 is 0 Å². The topological polar surface area (TPSA) is 76.5 Å². The Kier molecular flexibility index (Phi) is 3.75. The highest BCUT2D eigenvalue weighted by molar-refractivity contribution is 7.89. The van der Waals surface area contributed by atoms with E-state index in [1.54, 1.807) is 20.2 Å². The molecule has 0 unspecified atom stereocenters. The maximum atomic E-state index is 12.6. The van der Waals surface area contributed by atoms with Crippen molar-refractivity contribution in [2.24, 2.45) is 13.0 Å². The van der Waals surface area contributed by atoms with Crippen LogP contribution in [0.4, 0.5) is 0 Å². The first kappa shape index (κ1) is 15.6. The molecule has 2 aliphatic heterocycles. The summed E-state index contributed by atoms with van der Waals surface area (Å²) in [7, 11) is -1.78. The van der Waals surface area contributed by atoms with E-state index in [0.29, 0.717) is 17.8 Å². The Morgan fingerprint density at radius 2 is 2.13 bits per heavy atom. The van der Waals surface area contributed by atoms with Crippen LogP contribution in [0.1, 0.15) is 25.0 Å². The van der Waals surface area contributed by atoms with Crippen LogP contribution < -0.4 is 4.72 Å². The third-order valence-corrected chi connectivity index (χ3v) is 6.80. The van der Waals surface area contributed by atoms with Crippen molar-refractivity contribution in [2.45, 2.75) is 49.3 Å². The smallest absolute Gasteiger partial charge is 0.244 e. The van der Waals surface area contributed by atoms with Gasteiger partial charge >= 0.3 is 0 Å². The SMILES string of the molecule is Cc1nn(C)cc1S(=O)(=O)N[C@H]1C[C@H]2CO[C@@H](C3CC3)CN2C1. The predicted octanol–water partition coefficient (Wildman–Crippen LogP) is 0.259.